The molecule has 0 amide bonds. The zero-order valence-electron chi connectivity index (χ0n) is 11.0. The fraction of sp³-hybridized carbons (Fsp3) is 0.375. The van der Waals surface area contributed by atoms with Gasteiger partial charge in [0, 0.05) is 23.5 Å². The van der Waals surface area contributed by atoms with Crippen molar-refractivity contribution in [1.29, 1.82) is 0 Å². The molecule has 1 N–H and O–H groups in total. The van der Waals surface area contributed by atoms with Crippen LogP contribution < -0.4 is 5.32 Å². The minimum atomic E-state index is 0.619. The molecular formula is C16H19N3. The molecule has 0 bridgehead atoms. The fourth-order valence-corrected chi connectivity index (χ4v) is 2.71. The predicted octanol–water partition coefficient (Wildman–Crippen LogP) is 4.27. The highest BCUT2D eigenvalue weighted by molar-refractivity contribution is 5.52. The fourth-order valence-electron chi connectivity index (χ4n) is 2.71. The maximum absolute atomic E-state index is 4.67. The van der Waals surface area contributed by atoms with Crippen molar-refractivity contribution in [2.24, 2.45) is 0 Å². The van der Waals surface area contributed by atoms with Gasteiger partial charge in [0.05, 0.1) is 0 Å². The summed E-state index contributed by atoms with van der Waals surface area (Å²) in [7, 11) is 0. The van der Waals surface area contributed by atoms with Gasteiger partial charge in [-0.05, 0) is 31.0 Å². The van der Waals surface area contributed by atoms with Gasteiger partial charge in [-0.15, -0.1) is 0 Å². The summed E-state index contributed by atoms with van der Waals surface area (Å²) in [5.41, 5.74) is 2.22. The summed E-state index contributed by atoms with van der Waals surface area (Å²) in [6.45, 7) is 0. The van der Waals surface area contributed by atoms with Crippen LogP contribution in [0.4, 0.5) is 11.6 Å². The minimum Gasteiger partial charge on any atom is -0.324 e. The number of anilines is 2. The van der Waals surface area contributed by atoms with Gasteiger partial charge in [0.25, 0.3) is 0 Å². The monoisotopic (exact) mass is 253 g/mol. The van der Waals surface area contributed by atoms with E-state index in [0.29, 0.717) is 11.9 Å². The number of hydrogen-bond donors (Lipinski definition) is 1. The molecule has 1 aliphatic carbocycles. The van der Waals surface area contributed by atoms with Crippen molar-refractivity contribution in [2.75, 3.05) is 5.32 Å². The molecule has 1 aromatic heterocycles. The molecule has 0 unspecified atom stereocenters. The molecular weight excluding hydrogens is 234 g/mol. The van der Waals surface area contributed by atoms with Crippen LogP contribution in [0.3, 0.4) is 0 Å². The van der Waals surface area contributed by atoms with Crippen LogP contribution in [0.15, 0.2) is 42.6 Å². The molecule has 0 aliphatic heterocycles. The van der Waals surface area contributed by atoms with E-state index in [9.17, 15) is 0 Å². The Morgan fingerprint density at radius 1 is 0.947 bits per heavy atom. The topological polar surface area (TPSA) is 37.8 Å². The Labute approximate surface area is 114 Å². The summed E-state index contributed by atoms with van der Waals surface area (Å²) in [5, 5.41) is 3.26. The lowest BCUT2D eigenvalue weighted by atomic mass is 9.87. The van der Waals surface area contributed by atoms with Crippen LogP contribution in [0.5, 0.6) is 0 Å². The quantitative estimate of drug-likeness (QED) is 0.887. The summed E-state index contributed by atoms with van der Waals surface area (Å²) < 4.78 is 0. The Bertz CT molecular complexity index is 519. The van der Waals surface area contributed by atoms with Crippen molar-refractivity contribution < 1.29 is 0 Å². The molecule has 3 heteroatoms. The smallest absolute Gasteiger partial charge is 0.227 e. The second-order valence-electron chi connectivity index (χ2n) is 5.13. The van der Waals surface area contributed by atoms with Crippen LogP contribution in [0.25, 0.3) is 0 Å². The third-order valence-corrected chi connectivity index (χ3v) is 3.73. The van der Waals surface area contributed by atoms with Crippen LogP contribution in [-0.2, 0) is 0 Å². The molecule has 1 fully saturated rings. The first-order valence-electron chi connectivity index (χ1n) is 7.07. The van der Waals surface area contributed by atoms with Gasteiger partial charge in [-0.25, -0.2) is 9.97 Å². The van der Waals surface area contributed by atoms with Crippen LogP contribution in [0.1, 0.15) is 43.7 Å². The SMILES string of the molecule is c1ccc(Nc2nccc(C3CCCCC3)n2)cc1. The highest BCUT2D eigenvalue weighted by Crippen LogP contribution is 2.31. The number of hydrogen-bond acceptors (Lipinski definition) is 3. The first-order valence-corrected chi connectivity index (χ1v) is 7.07. The second kappa shape index (κ2) is 5.83. The molecule has 0 spiro atoms. The molecule has 0 radical (unpaired) electrons. The van der Waals surface area contributed by atoms with E-state index in [-0.39, 0.29) is 0 Å². The number of para-hydroxylation sites is 1. The zero-order chi connectivity index (χ0) is 12.9. The first-order chi connectivity index (χ1) is 9.42. The van der Waals surface area contributed by atoms with E-state index in [1.165, 1.54) is 37.8 Å². The summed E-state index contributed by atoms with van der Waals surface area (Å²) in [6.07, 6.45) is 8.43. The van der Waals surface area contributed by atoms with E-state index < -0.39 is 0 Å². The summed E-state index contributed by atoms with van der Waals surface area (Å²) in [6, 6.07) is 12.1. The van der Waals surface area contributed by atoms with Crippen molar-refractivity contribution in [3.05, 3.63) is 48.3 Å². The molecule has 0 saturated heterocycles. The third kappa shape index (κ3) is 3.11. The van der Waals surface area contributed by atoms with Gasteiger partial charge in [-0.3, -0.25) is 0 Å². The normalized spacial score (nSPS) is 16.2. The second-order valence-corrected chi connectivity index (χ2v) is 5.13. The van der Waals surface area contributed by atoms with Crippen LogP contribution in [0, 0.1) is 0 Å². The van der Waals surface area contributed by atoms with Gasteiger partial charge >= 0.3 is 0 Å². The Kier molecular flexibility index (Phi) is 3.73. The van der Waals surface area contributed by atoms with Gasteiger partial charge in [-0.1, -0.05) is 37.5 Å². The average molecular weight is 253 g/mol. The lowest BCUT2D eigenvalue weighted by Gasteiger charge is -2.21. The molecule has 98 valence electrons. The number of nitrogens with zero attached hydrogens (tertiary/aromatic N) is 2. The summed E-state index contributed by atoms with van der Waals surface area (Å²) >= 11 is 0. The minimum absolute atomic E-state index is 0.619. The van der Waals surface area contributed by atoms with Crippen molar-refractivity contribution in [1.82, 2.24) is 9.97 Å². The molecule has 3 nitrogen and oxygen atoms in total. The van der Waals surface area contributed by atoms with E-state index in [1.807, 2.05) is 36.5 Å². The van der Waals surface area contributed by atoms with E-state index >= 15 is 0 Å². The zero-order valence-corrected chi connectivity index (χ0v) is 11.0. The van der Waals surface area contributed by atoms with Gasteiger partial charge in [-0.2, -0.15) is 0 Å². The third-order valence-electron chi connectivity index (χ3n) is 3.73. The largest absolute Gasteiger partial charge is 0.324 e. The van der Waals surface area contributed by atoms with Crippen molar-refractivity contribution in [3.8, 4) is 0 Å². The lowest BCUT2D eigenvalue weighted by Crippen LogP contribution is -2.08. The molecule has 1 heterocycles. The molecule has 1 aromatic carbocycles. The highest BCUT2D eigenvalue weighted by Gasteiger charge is 2.17. The van der Waals surface area contributed by atoms with Gasteiger partial charge in [0.15, 0.2) is 0 Å². The lowest BCUT2D eigenvalue weighted by molar-refractivity contribution is 0.436. The maximum atomic E-state index is 4.67. The molecule has 0 atom stereocenters. The van der Waals surface area contributed by atoms with E-state index in [1.54, 1.807) is 0 Å². The van der Waals surface area contributed by atoms with E-state index in [2.05, 4.69) is 21.4 Å². The molecule has 2 aromatic rings. The summed E-state index contributed by atoms with van der Waals surface area (Å²) in [4.78, 5) is 8.98. The number of rotatable bonds is 3. The number of aromatic nitrogens is 2. The Morgan fingerprint density at radius 2 is 1.74 bits per heavy atom. The first kappa shape index (κ1) is 12.2. The highest BCUT2D eigenvalue weighted by atomic mass is 15.1. The van der Waals surface area contributed by atoms with Crippen molar-refractivity contribution >= 4 is 11.6 Å². The summed E-state index contributed by atoms with van der Waals surface area (Å²) in [5.74, 6) is 1.32. The van der Waals surface area contributed by atoms with E-state index in [0.717, 1.165) is 5.69 Å². The number of nitrogens with one attached hydrogen (secondary N) is 1. The van der Waals surface area contributed by atoms with Crippen molar-refractivity contribution in [2.45, 2.75) is 38.0 Å². The molecule has 3 rings (SSSR count). The van der Waals surface area contributed by atoms with Crippen LogP contribution >= 0.6 is 0 Å². The molecule has 19 heavy (non-hydrogen) atoms. The van der Waals surface area contributed by atoms with E-state index in [4.69, 9.17) is 0 Å². The Morgan fingerprint density at radius 3 is 2.53 bits per heavy atom. The van der Waals surface area contributed by atoms with Crippen LogP contribution in [-0.4, -0.2) is 9.97 Å². The van der Waals surface area contributed by atoms with Crippen LogP contribution in [0.2, 0.25) is 0 Å². The molecule has 1 aliphatic rings. The van der Waals surface area contributed by atoms with Gasteiger partial charge in [0.1, 0.15) is 0 Å². The maximum Gasteiger partial charge on any atom is 0.227 e. The average Bonchev–Trinajstić information content (AvgIpc) is 2.49. The van der Waals surface area contributed by atoms with Gasteiger partial charge < -0.3 is 5.32 Å². The van der Waals surface area contributed by atoms with Gasteiger partial charge in [0.2, 0.25) is 5.95 Å². The Balaban J connectivity index is 1.76. The van der Waals surface area contributed by atoms with Crippen molar-refractivity contribution in [3.63, 3.8) is 0 Å². The Hall–Kier alpha value is -1.90. The molecule has 1 saturated carbocycles. The number of benzene rings is 1. The predicted molar refractivity (Wildman–Crippen MR) is 77.6 cm³/mol. The standard InChI is InChI=1S/C16H19N3/c1-3-7-13(8-4-1)15-11-12-17-16(19-15)18-14-9-5-2-6-10-14/h2,5-6,9-13H,1,3-4,7-8H2,(H,17,18,19).